The summed E-state index contributed by atoms with van der Waals surface area (Å²) in [5, 5.41) is 7.55. The molecule has 0 N–H and O–H groups in total. The second-order valence-corrected chi connectivity index (χ2v) is 11.8. The molecule has 0 radical (unpaired) electrons. The Morgan fingerprint density at radius 1 is 0.222 bits per heavy atom. The van der Waals surface area contributed by atoms with Crippen LogP contribution in [-0.2, 0) is 0 Å². The van der Waals surface area contributed by atoms with Gasteiger partial charge in [-0.3, -0.25) is 0 Å². The van der Waals surface area contributed by atoms with Crippen LogP contribution in [0.15, 0.2) is 164 Å². The molecule has 7 aromatic carbocycles. The van der Waals surface area contributed by atoms with Crippen molar-refractivity contribution in [3.8, 4) is 17.1 Å². The second-order valence-electron chi connectivity index (χ2n) is 11.8. The number of aromatic nitrogens is 3. The van der Waals surface area contributed by atoms with Crippen molar-refractivity contribution in [2.75, 3.05) is 0 Å². The van der Waals surface area contributed by atoms with Crippen LogP contribution in [-0.4, -0.2) is 13.7 Å². The molecule has 10 aromatic rings. The predicted molar refractivity (Wildman–Crippen MR) is 189 cm³/mol. The highest BCUT2D eigenvalue weighted by atomic mass is 15.0. The van der Waals surface area contributed by atoms with Gasteiger partial charge >= 0.3 is 0 Å². The molecule has 0 unspecified atom stereocenters. The molecule has 0 fully saturated rings. The van der Waals surface area contributed by atoms with Crippen molar-refractivity contribution in [1.29, 1.82) is 0 Å². The molecule has 45 heavy (non-hydrogen) atoms. The van der Waals surface area contributed by atoms with E-state index in [1.165, 1.54) is 65.4 Å². The molecule has 3 nitrogen and oxygen atoms in total. The molecule has 0 atom stereocenters. The van der Waals surface area contributed by atoms with Gasteiger partial charge in [-0.1, -0.05) is 91.0 Å². The number of fused-ring (bicyclic) bond motifs is 9. The van der Waals surface area contributed by atoms with Crippen LogP contribution in [0.25, 0.3) is 82.5 Å². The number of benzene rings is 7. The zero-order valence-electron chi connectivity index (χ0n) is 24.4. The van der Waals surface area contributed by atoms with E-state index in [1.807, 2.05) is 0 Å². The molecule has 3 heterocycles. The lowest BCUT2D eigenvalue weighted by molar-refractivity contribution is 1.16. The molecule has 210 valence electrons. The Bertz CT molecular complexity index is 2480. The molecule has 0 bridgehead atoms. The third-order valence-corrected chi connectivity index (χ3v) is 9.42. The van der Waals surface area contributed by atoms with E-state index < -0.39 is 0 Å². The third-order valence-electron chi connectivity index (χ3n) is 9.42. The molecular weight excluding hydrogens is 546 g/mol. The number of hydrogen-bond acceptors (Lipinski definition) is 0. The summed E-state index contributed by atoms with van der Waals surface area (Å²) in [6, 6.07) is 59.5. The zero-order valence-corrected chi connectivity index (χ0v) is 24.4. The van der Waals surface area contributed by atoms with Crippen molar-refractivity contribution in [2.24, 2.45) is 0 Å². The Balaban J connectivity index is 1.31. The van der Waals surface area contributed by atoms with E-state index in [9.17, 15) is 0 Å². The number of hydrogen-bond donors (Lipinski definition) is 0. The van der Waals surface area contributed by atoms with Gasteiger partial charge in [0.2, 0.25) is 0 Å². The minimum Gasteiger partial charge on any atom is -0.309 e. The van der Waals surface area contributed by atoms with Gasteiger partial charge in [-0.2, -0.15) is 0 Å². The van der Waals surface area contributed by atoms with Crippen LogP contribution in [0.5, 0.6) is 0 Å². The molecule has 0 aliphatic carbocycles. The van der Waals surface area contributed by atoms with Crippen molar-refractivity contribution < 1.29 is 0 Å². The highest BCUT2D eigenvalue weighted by molar-refractivity contribution is 6.14. The average Bonchev–Trinajstić information content (AvgIpc) is 3.74. The fourth-order valence-corrected chi connectivity index (χ4v) is 7.53. The van der Waals surface area contributed by atoms with Crippen LogP contribution in [0.2, 0.25) is 0 Å². The maximum absolute atomic E-state index is 2.41. The molecule has 0 aliphatic heterocycles. The standard InChI is InChI=1S/C42H27N3/c1-2-12-28(13-3-1)43-41-24-22-29(44-37-18-8-4-14-31(37)32-15-5-9-19-38(32)44)26-35(41)36-27-30(23-25-42(36)43)45-39-20-10-6-16-33(39)34-17-7-11-21-40(34)45/h1-27H. The van der Waals surface area contributed by atoms with Gasteiger partial charge in [-0.25, -0.2) is 0 Å². The van der Waals surface area contributed by atoms with Crippen molar-refractivity contribution >= 4 is 65.4 Å². The summed E-state index contributed by atoms with van der Waals surface area (Å²) in [5.41, 5.74) is 10.7. The zero-order chi connectivity index (χ0) is 29.5. The summed E-state index contributed by atoms with van der Waals surface area (Å²) >= 11 is 0. The van der Waals surface area contributed by atoms with Crippen LogP contribution < -0.4 is 0 Å². The summed E-state index contributed by atoms with van der Waals surface area (Å²) < 4.78 is 7.22. The topological polar surface area (TPSA) is 14.8 Å². The van der Waals surface area contributed by atoms with E-state index in [1.54, 1.807) is 0 Å². The van der Waals surface area contributed by atoms with E-state index in [4.69, 9.17) is 0 Å². The maximum Gasteiger partial charge on any atom is 0.0542 e. The number of rotatable bonds is 3. The second kappa shape index (κ2) is 9.22. The van der Waals surface area contributed by atoms with Gasteiger partial charge in [0.05, 0.1) is 33.1 Å². The molecule has 3 aromatic heterocycles. The van der Waals surface area contributed by atoms with E-state index in [0.717, 1.165) is 17.1 Å². The fourth-order valence-electron chi connectivity index (χ4n) is 7.53. The Hall–Kier alpha value is -6.06. The molecule has 10 rings (SSSR count). The molecular formula is C42H27N3. The van der Waals surface area contributed by atoms with Gasteiger partial charge in [0.1, 0.15) is 0 Å². The largest absolute Gasteiger partial charge is 0.309 e. The number of para-hydroxylation sites is 5. The molecule has 0 saturated heterocycles. The Morgan fingerprint density at radius 2 is 0.533 bits per heavy atom. The van der Waals surface area contributed by atoms with Crippen molar-refractivity contribution in [3.05, 3.63) is 164 Å². The van der Waals surface area contributed by atoms with Crippen LogP contribution in [0, 0.1) is 0 Å². The Labute approximate surface area is 259 Å². The van der Waals surface area contributed by atoms with Crippen LogP contribution in [0.4, 0.5) is 0 Å². The lowest BCUT2D eigenvalue weighted by Crippen LogP contribution is -1.96. The maximum atomic E-state index is 2.41. The molecule has 0 saturated carbocycles. The van der Waals surface area contributed by atoms with E-state index in [-0.39, 0.29) is 0 Å². The minimum absolute atomic E-state index is 1.16. The quantitative estimate of drug-likeness (QED) is 0.200. The van der Waals surface area contributed by atoms with Crippen LogP contribution >= 0.6 is 0 Å². The smallest absolute Gasteiger partial charge is 0.0542 e. The fraction of sp³-hybridized carbons (Fsp3) is 0. The normalized spacial score (nSPS) is 12.0. The van der Waals surface area contributed by atoms with Crippen molar-refractivity contribution in [2.45, 2.75) is 0 Å². The SMILES string of the molecule is c1ccc(-n2c3ccc(-n4c5ccccc5c5ccccc54)cc3c3cc(-n4c5ccccc5c5ccccc54)ccc32)cc1. The molecule has 0 amide bonds. The summed E-state index contributed by atoms with van der Waals surface area (Å²) in [5.74, 6) is 0. The van der Waals surface area contributed by atoms with Gasteiger partial charge < -0.3 is 13.7 Å². The first-order chi connectivity index (χ1) is 22.3. The first-order valence-corrected chi connectivity index (χ1v) is 15.5. The van der Waals surface area contributed by atoms with Crippen molar-refractivity contribution in [3.63, 3.8) is 0 Å². The first kappa shape index (κ1) is 24.4. The minimum atomic E-state index is 1.16. The highest BCUT2D eigenvalue weighted by Crippen LogP contribution is 2.39. The van der Waals surface area contributed by atoms with E-state index >= 15 is 0 Å². The van der Waals surface area contributed by atoms with Crippen LogP contribution in [0.1, 0.15) is 0 Å². The van der Waals surface area contributed by atoms with Gasteiger partial charge in [0.25, 0.3) is 0 Å². The highest BCUT2D eigenvalue weighted by Gasteiger charge is 2.18. The van der Waals surface area contributed by atoms with E-state index in [2.05, 4.69) is 177 Å². The lowest BCUT2D eigenvalue weighted by Gasteiger charge is -2.10. The summed E-state index contributed by atoms with van der Waals surface area (Å²) in [7, 11) is 0. The summed E-state index contributed by atoms with van der Waals surface area (Å²) in [4.78, 5) is 0. The first-order valence-electron chi connectivity index (χ1n) is 15.5. The molecule has 3 heteroatoms. The molecule has 0 spiro atoms. The lowest BCUT2D eigenvalue weighted by atomic mass is 10.1. The van der Waals surface area contributed by atoms with E-state index in [0.29, 0.717) is 0 Å². The van der Waals surface area contributed by atoms with Gasteiger partial charge in [-0.15, -0.1) is 0 Å². The average molecular weight is 574 g/mol. The molecule has 0 aliphatic rings. The third kappa shape index (κ3) is 3.41. The Kier molecular flexibility index (Phi) is 5.00. The Morgan fingerprint density at radius 3 is 0.933 bits per heavy atom. The monoisotopic (exact) mass is 573 g/mol. The number of nitrogens with zero attached hydrogens (tertiary/aromatic N) is 3. The predicted octanol–water partition coefficient (Wildman–Crippen LogP) is 11.0. The van der Waals surface area contributed by atoms with Crippen molar-refractivity contribution in [1.82, 2.24) is 13.7 Å². The van der Waals surface area contributed by atoms with Crippen LogP contribution in [0.3, 0.4) is 0 Å². The summed E-state index contributed by atoms with van der Waals surface area (Å²) in [6.45, 7) is 0. The van der Waals surface area contributed by atoms with Gasteiger partial charge in [-0.05, 0) is 72.8 Å². The summed E-state index contributed by atoms with van der Waals surface area (Å²) in [6.07, 6.45) is 0. The van der Waals surface area contributed by atoms with Gasteiger partial charge in [0, 0.05) is 49.4 Å². The van der Waals surface area contributed by atoms with Gasteiger partial charge in [0.15, 0.2) is 0 Å².